The monoisotopic (exact) mass is 230 g/mol. The van der Waals surface area contributed by atoms with Crippen molar-refractivity contribution in [2.24, 2.45) is 0 Å². The van der Waals surface area contributed by atoms with Crippen LogP contribution < -0.4 is 0 Å². The van der Waals surface area contributed by atoms with E-state index >= 15 is 0 Å². The molecular formula is C3H8BaO3. The molecule has 0 heterocycles. The Hall–Kier alpha value is 1.00. The van der Waals surface area contributed by atoms with Crippen LogP contribution in [0.4, 0.5) is 0 Å². The van der Waals surface area contributed by atoms with Gasteiger partial charge in [-0.1, -0.05) is 0 Å². The van der Waals surface area contributed by atoms with Crippen molar-refractivity contribution >= 4 is 54.9 Å². The van der Waals surface area contributed by atoms with Crippen molar-refractivity contribution in [3.63, 3.8) is 0 Å². The third-order valence-electron chi connectivity index (χ3n) is 0.357. The van der Waals surface area contributed by atoms with Crippen molar-refractivity contribution in [3.8, 4) is 0 Å². The summed E-state index contributed by atoms with van der Waals surface area (Å²) in [5.41, 5.74) is 0. The Bertz CT molecular complexity index is 68.1. The second-order valence-electron chi connectivity index (χ2n) is 1.01. The minimum absolute atomic E-state index is 0. The maximum absolute atomic E-state index is 9.45. The van der Waals surface area contributed by atoms with E-state index in [1.165, 1.54) is 6.92 Å². The van der Waals surface area contributed by atoms with Gasteiger partial charge in [0.1, 0.15) is 6.10 Å². The Morgan fingerprint density at radius 3 is 2.00 bits per heavy atom. The molecule has 0 fully saturated rings. The van der Waals surface area contributed by atoms with Crippen LogP contribution in [0.3, 0.4) is 0 Å². The van der Waals surface area contributed by atoms with Gasteiger partial charge in [0, 0.05) is 0 Å². The Morgan fingerprint density at radius 1 is 1.86 bits per heavy atom. The second kappa shape index (κ2) is 5.14. The Balaban J connectivity index is -0.0000000417. The predicted octanol–water partition coefficient (Wildman–Crippen LogP) is -0.704. The van der Waals surface area contributed by atoms with Gasteiger partial charge in [-0.25, -0.2) is 4.79 Å². The van der Waals surface area contributed by atoms with E-state index in [4.69, 9.17) is 10.2 Å². The molecular weight excluding hydrogens is 221 g/mol. The zero-order valence-electron chi connectivity index (χ0n) is 6.09. The molecule has 2 N–H and O–H groups in total. The molecule has 0 saturated heterocycles. The molecule has 0 bridgehead atoms. The van der Waals surface area contributed by atoms with Gasteiger partial charge < -0.3 is 13.1 Å². The van der Waals surface area contributed by atoms with Crippen molar-refractivity contribution in [3.05, 3.63) is 0 Å². The fourth-order valence-electron chi connectivity index (χ4n) is 0. The molecule has 1 atom stereocenters. The topological polar surface area (TPSA) is 57.5 Å². The summed E-state index contributed by atoms with van der Waals surface area (Å²) in [6, 6.07) is 0. The van der Waals surface area contributed by atoms with E-state index in [0.29, 0.717) is 0 Å². The van der Waals surface area contributed by atoms with E-state index < -0.39 is 12.1 Å². The van der Waals surface area contributed by atoms with E-state index in [1.807, 2.05) is 0 Å². The third-order valence-corrected chi connectivity index (χ3v) is 0.357. The van der Waals surface area contributed by atoms with Gasteiger partial charge in [-0.2, -0.15) is 0 Å². The van der Waals surface area contributed by atoms with Gasteiger partial charge in [0.25, 0.3) is 0 Å². The molecule has 0 aliphatic heterocycles. The van der Waals surface area contributed by atoms with Gasteiger partial charge in [0.2, 0.25) is 0 Å². The predicted molar refractivity (Wildman–Crippen MR) is 27.3 cm³/mol. The third kappa shape index (κ3) is 7.00. The van der Waals surface area contributed by atoms with Crippen LogP contribution in [0.25, 0.3) is 0 Å². The molecule has 0 aromatic rings. The normalized spacial score (nSPS) is 11.7. The number of carboxylic acids is 1. The van der Waals surface area contributed by atoms with Gasteiger partial charge in [-0.15, -0.1) is 0 Å². The molecule has 0 aliphatic rings. The summed E-state index contributed by atoms with van der Waals surface area (Å²) in [5.74, 6) is -1.19. The average molecular weight is 229 g/mol. The van der Waals surface area contributed by atoms with E-state index in [9.17, 15) is 4.79 Å². The molecule has 0 spiro atoms. The molecule has 0 saturated carbocycles. The zero-order chi connectivity index (χ0) is 5.15. The van der Waals surface area contributed by atoms with Crippen molar-refractivity contribution in [2.75, 3.05) is 0 Å². The summed E-state index contributed by atoms with van der Waals surface area (Å²) >= 11 is 0. The van der Waals surface area contributed by atoms with E-state index in [2.05, 4.69) is 0 Å². The maximum atomic E-state index is 9.45. The number of hydrogen-bond acceptors (Lipinski definition) is 2. The molecule has 4 heteroatoms. The first-order chi connectivity index (χ1) is 2.64. The SMILES string of the molecule is CC(O)C(=O)O.[Ba+2].[H-].[H-]. The Morgan fingerprint density at radius 2 is 2.00 bits per heavy atom. The van der Waals surface area contributed by atoms with Crippen LogP contribution in [0, 0.1) is 0 Å². The van der Waals surface area contributed by atoms with Crippen LogP contribution in [-0.2, 0) is 4.79 Å². The number of carboxylic acid groups (broad SMARTS) is 1. The summed E-state index contributed by atoms with van der Waals surface area (Å²) in [5, 5.41) is 15.8. The fourth-order valence-corrected chi connectivity index (χ4v) is 0. The first-order valence-electron chi connectivity index (χ1n) is 1.55. The van der Waals surface area contributed by atoms with Gasteiger partial charge in [-0.3, -0.25) is 0 Å². The molecule has 0 radical (unpaired) electrons. The largest absolute Gasteiger partial charge is 2.00 e. The molecule has 0 aromatic heterocycles. The van der Waals surface area contributed by atoms with E-state index in [-0.39, 0.29) is 51.7 Å². The molecule has 3 nitrogen and oxygen atoms in total. The quantitative estimate of drug-likeness (QED) is 0.585. The first-order valence-corrected chi connectivity index (χ1v) is 1.55. The minimum Gasteiger partial charge on any atom is -1.00 e. The molecule has 0 amide bonds. The van der Waals surface area contributed by atoms with Gasteiger partial charge in [-0.05, 0) is 6.92 Å². The maximum Gasteiger partial charge on any atom is 2.00 e. The van der Waals surface area contributed by atoms with Crippen molar-refractivity contribution in [1.82, 2.24) is 0 Å². The van der Waals surface area contributed by atoms with Crippen LogP contribution in [0.2, 0.25) is 0 Å². The number of aliphatic hydroxyl groups is 1. The molecule has 40 valence electrons. The molecule has 0 aliphatic carbocycles. The number of aliphatic carboxylic acids is 1. The summed E-state index contributed by atoms with van der Waals surface area (Å²) in [6.45, 7) is 1.20. The van der Waals surface area contributed by atoms with E-state index in [1.54, 1.807) is 0 Å². The smallest absolute Gasteiger partial charge is 1.00 e. The number of carbonyl (C=O) groups is 1. The fraction of sp³-hybridized carbons (Fsp3) is 0.667. The Labute approximate surface area is 84.8 Å². The Kier molecular flexibility index (Phi) is 8.00. The van der Waals surface area contributed by atoms with Crippen molar-refractivity contribution < 1.29 is 17.9 Å². The second-order valence-corrected chi connectivity index (χ2v) is 1.01. The summed E-state index contributed by atoms with van der Waals surface area (Å²) in [6.07, 6.45) is -1.23. The molecule has 0 rings (SSSR count). The number of aliphatic hydroxyl groups excluding tert-OH is 1. The van der Waals surface area contributed by atoms with Crippen molar-refractivity contribution in [2.45, 2.75) is 13.0 Å². The summed E-state index contributed by atoms with van der Waals surface area (Å²) in [7, 11) is 0. The molecule has 0 aromatic carbocycles. The summed E-state index contributed by atoms with van der Waals surface area (Å²) < 4.78 is 0. The van der Waals surface area contributed by atoms with Crippen LogP contribution in [0.15, 0.2) is 0 Å². The minimum atomic E-state index is -1.23. The van der Waals surface area contributed by atoms with Crippen LogP contribution in [-0.4, -0.2) is 71.2 Å². The van der Waals surface area contributed by atoms with Crippen LogP contribution in [0.1, 0.15) is 9.78 Å². The number of hydrogen-bond donors (Lipinski definition) is 2. The van der Waals surface area contributed by atoms with Gasteiger partial charge in [0.05, 0.1) is 0 Å². The van der Waals surface area contributed by atoms with Gasteiger partial charge >= 0.3 is 54.9 Å². The van der Waals surface area contributed by atoms with E-state index in [0.717, 1.165) is 0 Å². The molecule has 7 heavy (non-hydrogen) atoms. The van der Waals surface area contributed by atoms with Crippen molar-refractivity contribution in [1.29, 1.82) is 0 Å². The average Bonchev–Trinajstić information content (AvgIpc) is 1.36. The molecule has 1 unspecified atom stereocenters. The van der Waals surface area contributed by atoms with Gasteiger partial charge in [0.15, 0.2) is 0 Å². The standard InChI is InChI=1S/C3H6O3.Ba.2H/c1-2(4)3(5)6;;;/h2,4H,1H3,(H,5,6);;;/q;+2;2*-1. The first kappa shape index (κ1) is 10.9. The van der Waals surface area contributed by atoms with Crippen LogP contribution in [0.5, 0.6) is 0 Å². The zero-order valence-corrected chi connectivity index (χ0v) is 8.53. The van der Waals surface area contributed by atoms with Crippen LogP contribution >= 0.6 is 0 Å². The number of rotatable bonds is 1. The summed E-state index contributed by atoms with van der Waals surface area (Å²) in [4.78, 5) is 9.45.